The van der Waals surface area contributed by atoms with Crippen molar-refractivity contribution in [3.8, 4) is 0 Å². The summed E-state index contributed by atoms with van der Waals surface area (Å²) >= 11 is 0. The van der Waals surface area contributed by atoms with Crippen LogP contribution in [0.1, 0.15) is 0 Å². The van der Waals surface area contributed by atoms with Gasteiger partial charge in [-0.25, -0.2) is 10.1 Å². The van der Waals surface area contributed by atoms with E-state index in [2.05, 4.69) is 0 Å². The Bertz CT molecular complexity index is 320. The number of hydrogen-bond acceptors (Lipinski definition) is 7. The standard InChI is InChI=1S/C4H8N6O3/c5-1-2(6)4(8)10(13,3(1)7)9(11)12/h5-8H2. The average Bonchev–Trinajstić information content (AvgIpc) is 2.22. The quantitative estimate of drug-likeness (QED) is 0.155. The molecule has 72 valence electrons. The van der Waals surface area contributed by atoms with Gasteiger partial charge < -0.3 is 28.1 Å². The molecule has 0 amide bonds. The van der Waals surface area contributed by atoms with Gasteiger partial charge in [-0.1, -0.05) is 0 Å². The highest BCUT2D eigenvalue weighted by atomic mass is 16.8. The third kappa shape index (κ3) is 0.816. The summed E-state index contributed by atoms with van der Waals surface area (Å²) in [7, 11) is 0. The molecule has 0 saturated carbocycles. The van der Waals surface area contributed by atoms with Crippen molar-refractivity contribution in [1.82, 2.24) is 0 Å². The molecule has 0 unspecified atom stereocenters. The Balaban J connectivity index is 3.39. The average molecular weight is 188 g/mol. The van der Waals surface area contributed by atoms with Gasteiger partial charge in [0.15, 0.2) is 11.4 Å². The van der Waals surface area contributed by atoms with E-state index in [4.69, 9.17) is 22.9 Å². The SMILES string of the molecule is NC1=C(N)[N+]([O-])([N+](=O)[O-])C(N)=C1N. The number of nitrogens with two attached hydrogens (primary N) is 4. The summed E-state index contributed by atoms with van der Waals surface area (Å²) in [4.78, 5) is 10.4. The lowest BCUT2D eigenvalue weighted by atomic mass is 10.4. The molecule has 8 N–H and O–H groups in total. The summed E-state index contributed by atoms with van der Waals surface area (Å²) in [6.07, 6.45) is 0. The van der Waals surface area contributed by atoms with Crippen LogP contribution in [-0.4, -0.2) is 9.79 Å². The second-order valence-electron chi connectivity index (χ2n) is 2.41. The highest BCUT2D eigenvalue weighted by Crippen LogP contribution is 2.28. The van der Waals surface area contributed by atoms with Gasteiger partial charge in [0.1, 0.15) is 0 Å². The molecule has 9 heteroatoms. The zero-order valence-electron chi connectivity index (χ0n) is 6.43. The van der Waals surface area contributed by atoms with Crippen molar-refractivity contribution in [3.05, 3.63) is 38.4 Å². The van der Waals surface area contributed by atoms with Gasteiger partial charge in [0.25, 0.3) is 16.7 Å². The van der Waals surface area contributed by atoms with E-state index in [0.717, 1.165) is 0 Å². The molecule has 1 heterocycles. The number of quaternary nitrogens is 1. The smallest absolute Gasteiger partial charge is 0.294 e. The maximum absolute atomic E-state index is 11.4. The molecule has 0 atom stereocenters. The fourth-order valence-electron chi connectivity index (χ4n) is 0.908. The van der Waals surface area contributed by atoms with Crippen molar-refractivity contribution in [2.45, 2.75) is 0 Å². The number of rotatable bonds is 1. The van der Waals surface area contributed by atoms with Crippen LogP contribution in [0.15, 0.2) is 23.0 Å². The minimum Gasteiger partial charge on any atom is -0.556 e. The predicted octanol–water partition coefficient (Wildman–Crippen LogP) is -2.32. The second kappa shape index (κ2) is 2.24. The Hall–Kier alpha value is -2.00. The topological polar surface area (TPSA) is 170 Å². The molecule has 13 heavy (non-hydrogen) atoms. The summed E-state index contributed by atoms with van der Waals surface area (Å²) in [5.41, 5.74) is 19.9. The van der Waals surface area contributed by atoms with Crippen LogP contribution < -0.4 is 22.9 Å². The van der Waals surface area contributed by atoms with E-state index >= 15 is 0 Å². The third-order valence-electron chi connectivity index (χ3n) is 1.73. The van der Waals surface area contributed by atoms with Crippen LogP contribution in [0.3, 0.4) is 0 Å². The Kier molecular flexibility index (Phi) is 1.57. The minimum absolute atomic E-state index is 0.343. The van der Waals surface area contributed by atoms with Gasteiger partial charge in [-0.15, -0.1) is 0 Å². The van der Waals surface area contributed by atoms with E-state index in [1.807, 2.05) is 0 Å². The van der Waals surface area contributed by atoms with Crippen LogP contribution in [0.2, 0.25) is 0 Å². The van der Waals surface area contributed by atoms with Crippen LogP contribution in [0.4, 0.5) is 0 Å². The Morgan fingerprint density at radius 2 is 1.38 bits per heavy atom. The molecule has 9 nitrogen and oxygen atoms in total. The highest BCUT2D eigenvalue weighted by Gasteiger charge is 2.48. The molecule has 0 aliphatic carbocycles. The maximum atomic E-state index is 11.4. The Morgan fingerprint density at radius 3 is 1.54 bits per heavy atom. The Labute approximate surface area is 72.1 Å². The van der Waals surface area contributed by atoms with E-state index in [1.165, 1.54) is 0 Å². The minimum atomic E-state index is -2.21. The Morgan fingerprint density at radius 1 is 1.08 bits per heavy atom. The first-order valence-corrected chi connectivity index (χ1v) is 3.10. The predicted molar refractivity (Wildman–Crippen MR) is 41.4 cm³/mol. The van der Waals surface area contributed by atoms with Crippen molar-refractivity contribution in [2.75, 3.05) is 0 Å². The molecule has 0 spiro atoms. The first-order chi connectivity index (χ1) is 5.83. The first kappa shape index (κ1) is 9.09. The summed E-state index contributed by atoms with van der Waals surface area (Å²) in [6.45, 7) is 0. The third-order valence-corrected chi connectivity index (χ3v) is 1.73. The molecule has 0 saturated heterocycles. The zero-order valence-corrected chi connectivity index (χ0v) is 6.43. The molecule has 0 radical (unpaired) electrons. The van der Waals surface area contributed by atoms with Gasteiger partial charge in [-0.3, -0.25) is 0 Å². The molecular weight excluding hydrogens is 180 g/mol. The van der Waals surface area contributed by atoms with Gasteiger partial charge in [0, 0.05) is 4.76 Å². The van der Waals surface area contributed by atoms with Crippen molar-refractivity contribution in [2.24, 2.45) is 22.9 Å². The van der Waals surface area contributed by atoms with E-state index in [9.17, 15) is 15.3 Å². The molecule has 0 aromatic heterocycles. The molecule has 1 aliphatic rings. The van der Waals surface area contributed by atoms with E-state index < -0.39 is 21.4 Å². The van der Waals surface area contributed by atoms with E-state index in [0.29, 0.717) is 0 Å². The molecular formula is C4H8N6O3. The van der Waals surface area contributed by atoms with Crippen LogP contribution in [0.25, 0.3) is 0 Å². The molecule has 0 aromatic carbocycles. The second-order valence-corrected chi connectivity index (χ2v) is 2.41. The number of nitro groups is 1. The van der Waals surface area contributed by atoms with Crippen molar-refractivity contribution in [1.29, 1.82) is 0 Å². The summed E-state index contributed by atoms with van der Waals surface area (Å²) in [5, 5.41) is 20.5. The van der Waals surface area contributed by atoms with Crippen molar-refractivity contribution in [3.63, 3.8) is 0 Å². The van der Waals surface area contributed by atoms with E-state index in [1.54, 1.807) is 0 Å². The number of hydroxylamine groups is 2. The van der Waals surface area contributed by atoms with Crippen LogP contribution in [-0.2, 0) is 0 Å². The van der Waals surface area contributed by atoms with Crippen LogP contribution >= 0.6 is 0 Å². The normalized spacial score (nSPS) is 21.0. The van der Waals surface area contributed by atoms with Gasteiger partial charge in [-0.2, -0.15) is 0 Å². The fourth-order valence-corrected chi connectivity index (χ4v) is 0.908. The highest BCUT2D eigenvalue weighted by molar-refractivity contribution is 5.33. The lowest BCUT2D eigenvalue weighted by molar-refractivity contribution is -1.25. The molecule has 1 aliphatic heterocycles. The van der Waals surface area contributed by atoms with E-state index in [-0.39, 0.29) is 11.4 Å². The van der Waals surface area contributed by atoms with Gasteiger partial charge in [-0.05, 0) is 0 Å². The zero-order chi connectivity index (χ0) is 10.4. The van der Waals surface area contributed by atoms with Gasteiger partial charge >= 0.3 is 0 Å². The van der Waals surface area contributed by atoms with Crippen LogP contribution in [0, 0.1) is 15.3 Å². The first-order valence-electron chi connectivity index (χ1n) is 3.10. The summed E-state index contributed by atoms with van der Waals surface area (Å²) in [6, 6.07) is 0. The fraction of sp³-hybridized carbons (Fsp3) is 0. The molecule has 0 fully saturated rings. The summed E-state index contributed by atoms with van der Waals surface area (Å²) < 4.78 is -2.21. The molecule has 0 bridgehead atoms. The lowest BCUT2D eigenvalue weighted by Crippen LogP contribution is -2.49. The molecule has 1 rings (SSSR count). The number of hydrogen-bond donors (Lipinski definition) is 4. The largest absolute Gasteiger partial charge is 0.556 e. The van der Waals surface area contributed by atoms with Crippen molar-refractivity contribution >= 4 is 0 Å². The van der Waals surface area contributed by atoms with Crippen LogP contribution in [0.5, 0.6) is 0 Å². The monoisotopic (exact) mass is 188 g/mol. The molecule has 0 aromatic rings. The lowest BCUT2D eigenvalue weighted by Gasteiger charge is -2.23. The van der Waals surface area contributed by atoms with Gasteiger partial charge in [0.05, 0.1) is 0 Å². The van der Waals surface area contributed by atoms with Crippen molar-refractivity contribution < 1.29 is 9.79 Å². The number of nitrogens with zero attached hydrogens (tertiary/aromatic N) is 2. The summed E-state index contributed by atoms with van der Waals surface area (Å²) in [5.74, 6) is -1.44. The maximum Gasteiger partial charge on any atom is 0.294 e. The van der Waals surface area contributed by atoms with Gasteiger partial charge in [0.2, 0.25) is 0 Å².